The van der Waals surface area contributed by atoms with E-state index >= 15 is 0 Å². The van der Waals surface area contributed by atoms with Gasteiger partial charge < -0.3 is 5.32 Å². The highest BCUT2D eigenvalue weighted by atomic mass is 35.5. The van der Waals surface area contributed by atoms with Gasteiger partial charge in [-0.2, -0.15) is 18.3 Å². The number of para-hydroxylation sites is 1. The maximum absolute atomic E-state index is 12.8. The lowest BCUT2D eigenvalue weighted by molar-refractivity contribution is -0.141. The molecule has 1 aromatic carbocycles. The minimum Gasteiger partial charge on any atom is -0.320 e. The van der Waals surface area contributed by atoms with Gasteiger partial charge in [-0.15, -0.1) is 0 Å². The smallest absolute Gasteiger partial charge is 0.320 e. The number of carbonyl (C=O) groups excluding carboxylic acids is 1. The van der Waals surface area contributed by atoms with E-state index in [4.69, 9.17) is 11.6 Å². The fourth-order valence-electron chi connectivity index (χ4n) is 2.11. The van der Waals surface area contributed by atoms with Crippen molar-refractivity contribution in [1.29, 1.82) is 0 Å². The van der Waals surface area contributed by atoms with Crippen molar-refractivity contribution in [2.45, 2.75) is 20.0 Å². The van der Waals surface area contributed by atoms with E-state index in [0.717, 1.165) is 15.8 Å². The normalized spacial score (nSPS) is 11.6. The van der Waals surface area contributed by atoms with Gasteiger partial charge in [0.25, 0.3) is 5.91 Å². The van der Waals surface area contributed by atoms with Crippen molar-refractivity contribution in [3.05, 3.63) is 45.7 Å². The maximum atomic E-state index is 12.8. The van der Waals surface area contributed by atoms with E-state index in [2.05, 4.69) is 10.4 Å². The number of rotatable bonds is 2. The molecule has 0 saturated carbocycles. The van der Waals surface area contributed by atoms with Crippen LogP contribution in [-0.4, -0.2) is 15.7 Å². The largest absolute Gasteiger partial charge is 0.436 e. The van der Waals surface area contributed by atoms with Crippen LogP contribution in [0.25, 0.3) is 0 Å². The van der Waals surface area contributed by atoms with E-state index in [1.807, 2.05) is 6.07 Å². The highest BCUT2D eigenvalue weighted by molar-refractivity contribution is 6.34. The molecule has 0 bridgehead atoms. The number of hydrogen-bond donors (Lipinski definition) is 1. The second-order valence-electron chi connectivity index (χ2n) is 4.85. The van der Waals surface area contributed by atoms with Gasteiger partial charge in [0, 0.05) is 12.7 Å². The van der Waals surface area contributed by atoms with Crippen LogP contribution in [-0.2, 0) is 13.2 Å². The molecule has 2 rings (SSSR count). The van der Waals surface area contributed by atoms with Crippen molar-refractivity contribution in [2.75, 3.05) is 5.32 Å². The molecule has 0 spiro atoms. The molecule has 22 heavy (non-hydrogen) atoms. The van der Waals surface area contributed by atoms with Crippen LogP contribution in [0.15, 0.2) is 18.2 Å². The molecule has 0 unspecified atom stereocenters. The van der Waals surface area contributed by atoms with Gasteiger partial charge in [-0.05, 0) is 25.0 Å². The van der Waals surface area contributed by atoms with Gasteiger partial charge in [-0.25, -0.2) is 0 Å². The molecule has 0 fully saturated rings. The third-order valence-corrected chi connectivity index (χ3v) is 3.55. The number of amides is 1. The number of benzene rings is 1. The summed E-state index contributed by atoms with van der Waals surface area (Å²) in [5.74, 6) is -0.743. The quantitative estimate of drug-likeness (QED) is 0.905. The minimum absolute atomic E-state index is 0.336. The monoisotopic (exact) mass is 331 g/mol. The summed E-state index contributed by atoms with van der Waals surface area (Å²) in [5, 5.41) is 5.17. The molecule has 0 aliphatic rings. The van der Waals surface area contributed by atoms with E-state index in [-0.39, 0.29) is 5.69 Å². The summed E-state index contributed by atoms with van der Waals surface area (Å²) in [4.78, 5) is 12.3. The first-order valence-corrected chi connectivity index (χ1v) is 6.68. The molecule has 0 aliphatic carbocycles. The van der Waals surface area contributed by atoms with Crippen LogP contribution < -0.4 is 5.32 Å². The fraction of sp³-hybridized carbons (Fsp3) is 0.286. The standard InChI is InChI=1S/C14H13ClF3N3O/c1-7-5-4-6-8(2)10(7)19-13(22)11-9(15)12(14(16,17)18)20-21(11)3/h4-6H,1-3H3,(H,19,22). The van der Waals surface area contributed by atoms with E-state index in [1.54, 1.807) is 26.0 Å². The zero-order chi connectivity index (χ0) is 16.7. The SMILES string of the molecule is Cc1cccc(C)c1NC(=O)c1c(Cl)c(C(F)(F)F)nn1C. The summed E-state index contributed by atoms with van der Waals surface area (Å²) in [5.41, 5.74) is 0.517. The Bertz CT molecular complexity index is 717. The summed E-state index contributed by atoms with van der Waals surface area (Å²) in [6.07, 6.45) is -4.72. The molecule has 118 valence electrons. The number of nitrogens with zero attached hydrogens (tertiary/aromatic N) is 2. The van der Waals surface area contributed by atoms with Crippen molar-refractivity contribution >= 4 is 23.2 Å². The molecule has 0 radical (unpaired) electrons. The van der Waals surface area contributed by atoms with Crippen molar-refractivity contribution in [3.63, 3.8) is 0 Å². The zero-order valence-electron chi connectivity index (χ0n) is 12.0. The average molecular weight is 332 g/mol. The second kappa shape index (κ2) is 5.64. The predicted octanol–water partition coefficient (Wildman–Crippen LogP) is 3.96. The molecule has 0 atom stereocenters. The number of halogens is 4. The van der Waals surface area contributed by atoms with Crippen LogP contribution in [0.1, 0.15) is 27.3 Å². The Hall–Kier alpha value is -2.02. The van der Waals surface area contributed by atoms with Crippen LogP contribution in [0, 0.1) is 13.8 Å². The maximum Gasteiger partial charge on any atom is 0.436 e. The van der Waals surface area contributed by atoms with Gasteiger partial charge in [0.05, 0.1) is 0 Å². The number of aromatic nitrogens is 2. The van der Waals surface area contributed by atoms with E-state index < -0.39 is 22.8 Å². The molecule has 2 aromatic rings. The number of carbonyl (C=O) groups is 1. The first kappa shape index (κ1) is 16.4. The number of nitrogens with one attached hydrogen (secondary N) is 1. The summed E-state index contributed by atoms with van der Waals surface area (Å²) >= 11 is 5.69. The Balaban J connectivity index is 2.41. The van der Waals surface area contributed by atoms with Crippen LogP contribution in [0.5, 0.6) is 0 Å². The topological polar surface area (TPSA) is 46.9 Å². The van der Waals surface area contributed by atoms with E-state index in [9.17, 15) is 18.0 Å². The molecule has 4 nitrogen and oxygen atoms in total. The molecule has 1 N–H and O–H groups in total. The van der Waals surface area contributed by atoms with Crippen LogP contribution in [0.3, 0.4) is 0 Å². The number of hydrogen-bond acceptors (Lipinski definition) is 2. The first-order chi connectivity index (χ1) is 10.1. The van der Waals surface area contributed by atoms with Crippen LogP contribution in [0.4, 0.5) is 18.9 Å². The summed E-state index contributed by atoms with van der Waals surface area (Å²) in [6, 6.07) is 5.39. The third kappa shape index (κ3) is 2.94. The highest BCUT2D eigenvalue weighted by Gasteiger charge is 2.39. The van der Waals surface area contributed by atoms with Crippen molar-refractivity contribution < 1.29 is 18.0 Å². The van der Waals surface area contributed by atoms with Crippen molar-refractivity contribution in [2.24, 2.45) is 7.05 Å². The lowest BCUT2D eigenvalue weighted by Gasteiger charge is -2.11. The Morgan fingerprint density at radius 2 is 1.82 bits per heavy atom. The third-order valence-electron chi connectivity index (χ3n) is 3.19. The van der Waals surface area contributed by atoms with Crippen molar-refractivity contribution in [1.82, 2.24) is 9.78 Å². The molecule has 1 aromatic heterocycles. The molecular weight excluding hydrogens is 319 g/mol. The van der Waals surface area contributed by atoms with E-state index in [0.29, 0.717) is 5.69 Å². The number of aryl methyl sites for hydroxylation is 3. The summed E-state index contributed by atoms with van der Waals surface area (Å²) < 4.78 is 39.1. The van der Waals surface area contributed by atoms with Crippen LogP contribution in [0.2, 0.25) is 5.02 Å². The van der Waals surface area contributed by atoms with Gasteiger partial charge in [0.15, 0.2) is 5.69 Å². The second-order valence-corrected chi connectivity index (χ2v) is 5.23. The van der Waals surface area contributed by atoms with Gasteiger partial charge >= 0.3 is 6.18 Å². The van der Waals surface area contributed by atoms with Gasteiger partial charge in [0.2, 0.25) is 0 Å². The fourth-order valence-corrected chi connectivity index (χ4v) is 2.46. The summed E-state index contributed by atoms with van der Waals surface area (Å²) in [6.45, 7) is 3.57. The molecule has 0 saturated heterocycles. The molecule has 1 amide bonds. The van der Waals surface area contributed by atoms with Crippen LogP contribution >= 0.6 is 11.6 Å². The van der Waals surface area contributed by atoms with Gasteiger partial charge in [-0.1, -0.05) is 29.8 Å². The van der Waals surface area contributed by atoms with Gasteiger partial charge in [-0.3, -0.25) is 9.48 Å². The predicted molar refractivity (Wildman–Crippen MR) is 77.1 cm³/mol. The minimum atomic E-state index is -4.72. The zero-order valence-corrected chi connectivity index (χ0v) is 12.8. The molecule has 1 heterocycles. The Kier molecular flexibility index (Phi) is 4.19. The lowest BCUT2D eigenvalue weighted by Crippen LogP contribution is -2.17. The molecule has 0 aliphatic heterocycles. The number of alkyl halides is 3. The Labute approximate surface area is 129 Å². The highest BCUT2D eigenvalue weighted by Crippen LogP contribution is 2.35. The molecule has 8 heteroatoms. The van der Waals surface area contributed by atoms with E-state index in [1.165, 1.54) is 7.05 Å². The Morgan fingerprint density at radius 1 is 1.27 bits per heavy atom. The first-order valence-electron chi connectivity index (χ1n) is 6.30. The van der Waals surface area contributed by atoms with Gasteiger partial charge in [0.1, 0.15) is 10.7 Å². The Morgan fingerprint density at radius 3 is 2.27 bits per heavy atom. The molecular formula is C14H13ClF3N3O. The average Bonchev–Trinajstić information content (AvgIpc) is 2.69. The van der Waals surface area contributed by atoms with Crippen molar-refractivity contribution in [3.8, 4) is 0 Å². The summed E-state index contributed by atoms with van der Waals surface area (Å²) in [7, 11) is 1.24. The number of anilines is 1. The lowest BCUT2D eigenvalue weighted by atomic mass is 10.1.